The Labute approximate surface area is 178 Å². The number of nitrogens with zero attached hydrogens (tertiary/aromatic N) is 2. The lowest BCUT2D eigenvalue weighted by molar-refractivity contribution is -0.153. The number of likely N-dealkylation sites (tertiary alicyclic amines) is 1. The molecule has 1 saturated heterocycles. The standard InChI is InChI=1S/C25H28N2O3/c1-3-4-16-26(2)21-15-17-27(22(18-21)25(29)30)24(28)23(19-11-7-5-8-12-19)20-13-9-6-10-14-20/h5-14,21-23H,15-18H2,1-2H3,(H,29,30)/t21?,22-/m0/s1. The molecule has 1 N–H and O–H groups in total. The predicted octanol–water partition coefficient (Wildman–Crippen LogP) is 3.22. The average Bonchev–Trinajstić information content (AvgIpc) is 2.78. The Morgan fingerprint density at radius 1 is 1.10 bits per heavy atom. The molecule has 30 heavy (non-hydrogen) atoms. The Bertz CT molecular complexity index is 878. The Kier molecular flexibility index (Phi) is 7.26. The fourth-order valence-electron chi connectivity index (χ4n) is 4.11. The van der Waals surface area contributed by atoms with Crippen molar-refractivity contribution in [2.75, 3.05) is 20.1 Å². The Hall–Kier alpha value is -3.10. The first-order chi connectivity index (χ1) is 14.5. The summed E-state index contributed by atoms with van der Waals surface area (Å²) in [6.07, 6.45) is 1.13. The topological polar surface area (TPSA) is 60.9 Å². The molecule has 1 fully saturated rings. The summed E-state index contributed by atoms with van der Waals surface area (Å²) in [6, 6.07) is 18.4. The van der Waals surface area contributed by atoms with E-state index < -0.39 is 17.9 Å². The van der Waals surface area contributed by atoms with E-state index in [-0.39, 0.29) is 11.9 Å². The lowest BCUT2D eigenvalue weighted by atomic mass is 9.87. The number of piperidine rings is 1. The minimum Gasteiger partial charge on any atom is -0.480 e. The van der Waals surface area contributed by atoms with Crippen molar-refractivity contribution in [1.29, 1.82) is 0 Å². The van der Waals surface area contributed by atoms with Crippen molar-refractivity contribution in [3.05, 3.63) is 71.8 Å². The molecule has 2 aromatic rings. The summed E-state index contributed by atoms with van der Waals surface area (Å²) in [4.78, 5) is 29.4. The summed E-state index contributed by atoms with van der Waals surface area (Å²) < 4.78 is 0. The van der Waals surface area contributed by atoms with Crippen LogP contribution >= 0.6 is 0 Å². The Balaban J connectivity index is 1.88. The molecule has 1 amide bonds. The third-order valence-corrected chi connectivity index (χ3v) is 5.78. The molecule has 1 heterocycles. The van der Waals surface area contributed by atoms with Gasteiger partial charge in [-0.25, -0.2) is 4.79 Å². The van der Waals surface area contributed by atoms with Crippen molar-refractivity contribution in [2.24, 2.45) is 0 Å². The third-order valence-electron chi connectivity index (χ3n) is 5.78. The second-order valence-corrected chi connectivity index (χ2v) is 7.66. The molecule has 0 bridgehead atoms. The predicted molar refractivity (Wildman–Crippen MR) is 117 cm³/mol. The number of carbonyl (C=O) groups is 2. The van der Waals surface area contributed by atoms with Gasteiger partial charge in [-0.1, -0.05) is 66.6 Å². The van der Waals surface area contributed by atoms with E-state index in [1.54, 1.807) is 11.8 Å². The van der Waals surface area contributed by atoms with Gasteiger partial charge in [0.1, 0.15) is 6.04 Å². The van der Waals surface area contributed by atoms with Crippen molar-refractivity contribution in [3.8, 4) is 11.8 Å². The number of carbonyl (C=O) groups excluding carboxylic acids is 1. The molecule has 5 heteroatoms. The first-order valence-electron chi connectivity index (χ1n) is 10.3. The number of aliphatic carboxylic acids is 1. The maximum atomic E-state index is 13.7. The fraction of sp³-hybridized carbons (Fsp3) is 0.360. The van der Waals surface area contributed by atoms with Crippen LogP contribution in [0.4, 0.5) is 0 Å². The summed E-state index contributed by atoms with van der Waals surface area (Å²) in [6.45, 7) is 2.81. The average molecular weight is 405 g/mol. The third kappa shape index (κ3) is 4.90. The molecule has 2 atom stereocenters. The molecule has 1 unspecified atom stereocenters. The number of carboxylic acids is 1. The largest absolute Gasteiger partial charge is 0.480 e. The van der Waals surface area contributed by atoms with Crippen molar-refractivity contribution in [1.82, 2.24) is 9.80 Å². The lowest BCUT2D eigenvalue weighted by Crippen LogP contribution is -2.55. The zero-order valence-corrected chi connectivity index (χ0v) is 17.5. The molecule has 3 rings (SSSR count). The van der Waals surface area contributed by atoms with Crippen LogP contribution in [0.1, 0.15) is 36.8 Å². The Morgan fingerprint density at radius 2 is 1.67 bits per heavy atom. The molecule has 0 radical (unpaired) electrons. The Morgan fingerprint density at radius 3 is 2.17 bits per heavy atom. The molecular formula is C25H28N2O3. The molecule has 1 aliphatic rings. The number of hydrogen-bond acceptors (Lipinski definition) is 3. The normalized spacial score (nSPS) is 18.7. The number of carboxylic acid groups (broad SMARTS) is 1. The number of amides is 1. The van der Waals surface area contributed by atoms with Gasteiger partial charge in [0, 0.05) is 12.6 Å². The van der Waals surface area contributed by atoms with Gasteiger partial charge in [-0.2, -0.15) is 0 Å². The van der Waals surface area contributed by atoms with Gasteiger partial charge in [0.15, 0.2) is 0 Å². The first kappa shape index (κ1) is 21.6. The minimum absolute atomic E-state index is 0.0860. The highest BCUT2D eigenvalue weighted by Crippen LogP contribution is 2.31. The van der Waals surface area contributed by atoms with Crippen molar-refractivity contribution in [2.45, 2.75) is 37.8 Å². The zero-order chi connectivity index (χ0) is 21.5. The first-order valence-corrected chi connectivity index (χ1v) is 10.3. The minimum atomic E-state index is -0.956. The molecule has 0 aliphatic carbocycles. The van der Waals surface area contributed by atoms with Crippen LogP contribution < -0.4 is 0 Å². The van der Waals surface area contributed by atoms with Gasteiger partial charge in [-0.3, -0.25) is 9.69 Å². The molecule has 5 nitrogen and oxygen atoms in total. The van der Waals surface area contributed by atoms with E-state index in [4.69, 9.17) is 0 Å². The summed E-state index contributed by atoms with van der Waals surface area (Å²) in [5.74, 6) is 4.28. The quantitative estimate of drug-likeness (QED) is 0.751. The summed E-state index contributed by atoms with van der Waals surface area (Å²) in [5.41, 5.74) is 1.74. The van der Waals surface area contributed by atoms with Gasteiger partial charge in [0.05, 0.1) is 12.5 Å². The molecule has 0 saturated carbocycles. The highest BCUT2D eigenvalue weighted by Gasteiger charge is 2.40. The van der Waals surface area contributed by atoms with Crippen LogP contribution in [-0.4, -0.2) is 59.0 Å². The van der Waals surface area contributed by atoms with E-state index in [0.717, 1.165) is 17.5 Å². The molecule has 0 aromatic heterocycles. The second kappa shape index (κ2) is 10.1. The van der Waals surface area contributed by atoms with E-state index in [2.05, 4.69) is 16.7 Å². The van der Waals surface area contributed by atoms with Gasteiger partial charge in [0.25, 0.3) is 0 Å². The van der Waals surface area contributed by atoms with Crippen molar-refractivity contribution < 1.29 is 14.7 Å². The SMILES string of the molecule is CC#CCN(C)C1CCN(C(=O)C(c2ccccc2)c2ccccc2)[C@H](C(=O)O)C1. The van der Waals surface area contributed by atoms with Crippen LogP contribution in [0.15, 0.2) is 60.7 Å². The molecule has 0 spiro atoms. The van der Waals surface area contributed by atoms with Crippen molar-refractivity contribution >= 4 is 11.9 Å². The van der Waals surface area contributed by atoms with E-state index in [1.165, 1.54) is 0 Å². The van der Waals surface area contributed by atoms with Crippen LogP contribution in [0, 0.1) is 11.8 Å². The van der Waals surface area contributed by atoms with Crippen LogP contribution in [-0.2, 0) is 9.59 Å². The van der Waals surface area contributed by atoms with Crippen LogP contribution in [0.25, 0.3) is 0 Å². The van der Waals surface area contributed by atoms with Crippen molar-refractivity contribution in [3.63, 3.8) is 0 Å². The van der Waals surface area contributed by atoms with E-state index in [1.807, 2.05) is 67.7 Å². The smallest absolute Gasteiger partial charge is 0.326 e. The highest BCUT2D eigenvalue weighted by atomic mass is 16.4. The molecular weight excluding hydrogens is 376 g/mol. The maximum Gasteiger partial charge on any atom is 0.326 e. The van der Waals surface area contributed by atoms with Gasteiger partial charge in [-0.15, -0.1) is 5.92 Å². The lowest BCUT2D eigenvalue weighted by Gasteiger charge is -2.41. The monoisotopic (exact) mass is 404 g/mol. The van der Waals surface area contributed by atoms with Gasteiger partial charge in [-0.05, 0) is 37.9 Å². The number of rotatable bonds is 6. The van der Waals surface area contributed by atoms with Crippen LogP contribution in [0.2, 0.25) is 0 Å². The van der Waals surface area contributed by atoms with Gasteiger partial charge < -0.3 is 10.0 Å². The van der Waals surface area contributed by atoms with E-state index >= 15 is 0 Å². The molecule has 2 aromatic carbocycles. The molecule has 156 valence electrons. The van der Waals surface area contributed by atoms with E-state index in [9.17, 15) is 14.7 Å². The zero-order valence-electron chi connectivity index (χ0n) is 17.5. The fourth-order valence-corrected chi connectivity index (χ4v) is 4.11. The number of hydrogen-bond donors (Lipinski definition) is 1. The van der Waals surface area contributed by atoms with Gasteiger partial charge >= 0.3 is 5.97 Å². The van der Waals surface area contributed by atoms with E-state index in [0.29, 0.717) is 19.5 Å². The molecule has 1 aliphatic heterocycles. The van der Waals surface area contributed by atoms with Gasteiger partial charge in [0.2, 0.25) is 5.91 Å². The van der Waals surface area contributed by atoms with Crippen LogP contribution in [0.3, 0.4) is 0 Å². The van der Waals surface area contributed by atoms with Crippen LogP contribution in [0.5, 0.6) is 0 Å². The summed E-state index contributed by atoms with van der Waals surface area (Å²) in [7, 11) is 1.96. The maximum absolute atomic E-state index is 13.7. The summed E-state index contributed by atoms with van der Waals surface area (Å²) >= 11 is 0. The second-order valence-electron chi connectivity index (χ2n) is 7.66. The highest BCUT2D eigenvalue weighted by molar-refractivity contribution is 5.91. The number of benzene rings is 2. The summed E-state index contributed by atoms with van der Waals surface area (Å²) in [5, 5.41) is 9.92.